The van der Waals surface area contributed by atoms with Gasteiger partial charge in [0.2, 0.25) is 0 Å². The van der Waals surface area contributed by atoms with E-state index in [0.717, 1.165) is 5.56 Å². The zero-order chi connectivity index (χ0) is 15.1. The summed E-state index contributed by atoms with van der Waals surface area (Å²) in [4.78, 5) is 16.1. The zero-order valence-electron chi connectivity index (χ0n) is 12.2. The van der Waals surface area contributed by atoms with Crippen LogP contribution in [0.3, 0.4) is 0 Å². The predicted octanol–water partition coefficient (Wildman–Crippen LogP) is 3.36. The van der Waals surface area contributed by atoms with Gasteiger partial charge >= 0.3 is 6.03 Å². The molecule has 5 heteroatoms. The largest absolute Gasteiger partial charge is 0.492 e. The fourth-order valence-corrected chi connectivity index (χ4v) is 1.92. The van der Waals surface area contributed by atoms with E-state index >= 15 is 0 Å². The molecule has 0 spiro atoms. The monoisotopic (exact) mass is 285 g/mol. The van der Waals surface area contributed by atoms with E-state index in [-0.39, 0.29) is 12.1 Å². The molecule has 0 aliphatic carbocycles. The van der Waals surface area contributed by atoms with Crippen molar-refractivity contribution in [3.8, 4) is 5.75 Å². The standard InChI is InChI=1S/C16H19N3O2/c1-3-21-15-9-5-4-8-14(15)19-16(20)18-12(2)13-7-6-10-17-11-13/h4-12H,3H2,1-2H3,(H2,18,19,20)/t12-/m0/s1. The summed E-state index contributed by atoms with van der Waals surface area (Å²) in [5, 5.41) is 5.67. The minimum atomic E-state index is -0.279. The topological polar surface area (TPSA) is 63.2 Å². The van der Waals surface area contributed by atoms with Crippen molar-refractivity contribution in [3.05, 3.63) is 54.4 Å². The quantitative estimate of drug-likeness (QED) is 0.885. The highest BCUT2D eigenvalue weighted by atomic mass is 16.5. The third-order valence-corrected chi connectivity index (χ3v) is 2.97. The van der Waals surface area contributed by atoms with E-state index in [2.05, 4.69) is 15.6 Å². The van der Waals surface area contributed by atoms with E-state index in [1.54, 1.807) is 18.5 Å². The zero-order valence-corrected chi connectivity index (χ0v) is 12.2. The SMILES string of the molecule is CCOc1ccccc1NC(=O)N[C@@H](C)c1cccnc1. The van der Waals surface area contributed by atoms with Crippen molar-refractivity contribution in [1.29, 1.82) is 0 Å². The summed E-state index contributed by atoms with van der Waals surface area (Å²) >= 11 is 0. The molecular formula is C16H19N3O2. The molecule has 2 rings (SSSR count). The fraction of sp³-hybridized carbons (Fsp3) is 0.250. The number of benzene rings is 1. The summed E-state index contributed by atoms with van der Waals surface area (Å²) in [5.41, 5.74) is 1.60. The number of para-hydroxylation sites is 2. The van der Waals surface area contributed by atoms with Crippen LogP contribution in [0.1, 0.15) is 25.5 Å². The highest BCUT2D eigenvalue weighted by Gasteiger charge is 2.11. The number of carbonyl (C=O) groups is 1. The van der Waals surface area contributed by atoms with Gasteiger partial charge in [-0.2, -0.15) is 0 Å². The van der Waals surface area contributed by atoms with Gasteiger partial charge in [-0.25, -0.2) is 4.79 Å². The number of pyridine rings is 1. The number of hydrogen-bond acceptors (Lipinski definition) is 3. The van der Waals surface area contributed by atoms with Crippen LogP contribution in [0.15, 0.2) is 48.8 Å². The molecule has 0 radical (unpaired) electrons. The van der Waals surface area contributed by atoms with Crippen molar-refractivity contribution in [2.45, 2.75) is 19.9 Å². The van der Waals surface area contributed by atoms with Crippen molar-refractivity contribution in [2.75, 3.05) is 11.9 Å². The average molecular weight is 285 g/mol. The molecule has 2 N–H and O–H groups in total. The molecule has 0 aliphatic heterocycles. The lowest BCUT2D eigenvalue weighted by Gasteiger charge is -2.16. The molecule has 2 amide bonds. The minimum Gasteiger partial charge on any atom is -0.492 e. The predicted molar refractivity (Wildman–Crippen MR) is 82.4 cm³/mol. The van der Waals surface area contributed by atoms with Gasteiger partial charge in [0.1, 0.15) is 5.75 Å². The van der Waals surface area contributed by atoms with Gasteiger partial charge in [-0.05, 0) is 37.6 Å². The molecule has 1 aromatic heterocycles. The summed E-state index contributed by atoms with van der Waals surface area (Å²) in [6, 6.07) is 10.7. The van der Waals surface area contributed by atoms with Crippen LogP contribution < -0.4 is 15.4 Å². The normalized spacial score (nSPS) is 11.5. The van der Waals surface area contributed by atoms with Gasteiger partial charge in [-0.15, -0.1) is 0 Å². The third-order valence-electron chi connectivity index (χ3n) is 2.97. The van der Waals surface area contributed by atoms with E-state index in [1.807, 2.05) is 44.2 Å². The van der Waals surface area contributed by atoms with Gasteiger partial charge in [0.15, 0.2) is 0 Å². The number of nitrogens with zero attached hydrogens (tertiary/aromatic N) is 1. The Balaban J connectivity index is 1.99. The average Bonchev–Trinajstić information content (AvgIpc) is 2.50. The Morgan fingerprint density at radius 1 is 1.29 bits per heavy atom. The summed E-state index contributed by atoms with van der Waals surface area (Å²) in [6.07, 6.45) is 3.44. The second kappa shape index (κ2) is 7.28. The van der Waals surface area contributed by atoms with E-state index in [0.29, 0.717) is 18.0 Å². The number of carbonyl (C=O) groups excluding carboxylic acids is 1. The van der Waals surface area contributed by atoms with Gasteiger partial charge in [0, 0.05) is 12.4 Å². The van der Waals surface area contributed by atoms with Crippen LogP contribution in [0, 0.1) is 0 Å². The third kappa shape index (κ3) is 4.21. The number of rotatable bonds is 5. The molecule has 21 heavy (non-hydrogen) atoms. The Labute approximate surface area is 124 Å². The first-order valence-corrected chi connectivity index (χ1v) is 6.90. The van der Waals surface area contributed by atoms with Crippen molar-refractivity contribution < 1.29 is 9.53 Å². The van der Waals surface area contributed by atoms with Crippen LogP contribution in [0.25, 0.3) is 0 Å². The smallest absolute Gasteiger partial charge is 0.319 e. The van der Waals surface area contributed by atoms with Crippen LogP contribution >= 0.6 is 0 Å². The highest BCUT2D eigenvalue weighted by Crippen LogP contribution is 2.23. The van der Waals surface area contributed by atoms with Crippen LogP contribution in [-0.4, -0.2) is 17.6 Å². The summed E-state index contributed by atoms with van der Waals surface area (Å²) in [6.45, 7) is 4.36. The maximum absolute atomic E-state index is 12.1. The van der Waals surface area contributed by atoms with E-state index < -0.39 is 0 Å². The lowest BCUT2D eigenvalue weighted by molar-refractivity contribution is 0.249. The number of nitrogens with one attached hydrogen (secondary N) is 2. The Morgan fingerprint density at radius 3 is 2.81 bits per heavy atom. The second-order valence-electron chi connectivity index (χ2n) is 4.54. The molecule has 0 saturated heterocycles. The van der Waals surface area contributed by atoms with Gasteiger partial charge in [-0.1, -0.05) is 18.2 Å². The molecule has 0 aliphatic rings. The number of ether oxygens (including phenoxy) is 1. The van der Waals surface area contributed by atoms with Crippen molar-refractivity contribution >= 4 is 11.7 Å². The Kier molecular flexibility index (Phi) is 5.15. The molecule has 0 unspecified atom stereocenters. The van der Waals surface area contributed by atoms with Gasteiger partial charge in [0.25, 0.3) is 0 Å². The molecule has 1 atom stereocenters. The van der Waals surface area contributed by atoms with Crippen LogP contribution in [0.5, 0.6) is 5.75 Å². The van der Waals surface area contributed by atoms with Gasteiger partial charge in [0.05, 0.1) is 18.3 Å². The Hall–Kier alpha value is -2.56. The first kappa shape index (κ1) is 14.8. The Morgan fingerprint density at radius 2 is 2.10 bits per heavy atom. The minimum absolute atomic E-state index is 0.127. The summed E-state index contributed by atoms with van der Waals surface area (Å²) < 4.78 is 5.47. The molecule has 1 heterocycles. The first-order valence-electron chi connectivity index (χ1n) is 6.90. The molecule has 2 aromatic rings. The molecule has 0 saturated carbocycles. The fourth-order valence-electron chi connectivity index (χ4n) is 1.92. The van der Waals surface area contributed by atoms with E-state index in [1.165, 1.54) is 0 Å². The van der Waals surface area contributed by atoms with Crippen LogP contribution in [-0.2, 0) is 0 Å². The molecule has 110 valence electrons. The van der Waals surface area contributed by atoms with Crippen molar-refractivity contribution in [1.82, 2.24) is 10.3 Å². The Bertz CT molecular complexity index is 587. The van der Waals surface area contributed by atoms with Gasteiger partial charge in [-0.3, -0.25) is 4.98 Å². The van der Waals surface area contributed by atoms with Gasteiger partial charge < -0.3 is 15.4 Å². The molecule has 1 aromatic carbocycles. The van der Waals surface area contributed by atoms with E-state index in [9.17, 15) is 4.79 Å². The lowest BCUT2D eigenvalue weighted by Crippen LogP contribution is -2.31. The number of anilines is 1. The van der Waals surface area contributed by atoms with Crippen LogP contribution in [0.2, 0.25) is 0 Å². The highest BCUT2D eigenvalue weighted by molar-refractivity contribution is 5.91. The lowest BCUT2D eigenvalue weighted by atomic mass is 10.1. The maximum atomic E-state index is 12.1. The molecule has 5 nitrogen and oxygen atoms in total. The second-order valence-corrected chi connectivity index (χ2v) is 4.54. The number of urea groups is 1. The molecule has 0 fully saturated rings. The molecule has 0 bridgehead atoms. The number of amides is 2. The molecular weight excluding hydrogens is 266 g/mol. The maximum Gasteiger partial charge on any atom is 0.319 e. The van der Waals surface area contributed by atoms with Crippen LogP contribution in [0.4, 0.5) is 10.5 Å². The number of hydrogen-bond donors (Lipinski definition) is 2. The summed E-state index contributed by atoms with van der Waals surface area (Å²) in [7, 11) is 0. The van der Waals surface area contributed by atoms with Crippen molar-refractivity contribution in [2.24, 2.45) is 0 Å². The first-order chi connectivity index (χ1) is 10.2. The summed E-state index contributed by atoms with van der Waals surface area (Å²) in [5.74, 6) is 0.657. The number of aromatic nitrogens is 1. The van der Waals surface area contributed by atoms with Crippen molar-refractivity contribution in [3.63, 3.8) is 0 Å². The van der Waals surface area contributed by atoms with E-state index in [4.69, 9.17) is 4.74 Å².